The zero-order valence-corrected chi connectivity index (χ0v) is 11.5. The maximum atomic E-state index is 13.2. The lowest BCUT2D eigenvalue weighted by molar-refractivity contribution is 0.0692. The molecule has 104 valence electrons. The van der Waals surface area contributed by atoms with Crippen molar-refractivity contribution in [3.63, 3.8) is 0 Å². The number of hydrogen-bond donors (Lipinski definition) is 0. The number of rotatable bonds is 3. The molecule has 0 N–H and O–H groups in total. The molecule has 4 nitrogen and oxygen atoms in total. The molecule has 1 aliphatic rings. The molecule has 5 heteroatoms. The number of hydrogen-bond acceptors (Lipinski definition) is 3. The average molecular weight is 273 g/mol. The summed E-state index contributed by atoms with van der Waals surface area (Å²) in [6.07, 6.45) is 0.619. The minimum atomic E-state index is -0.257. The Bertz CT molecular complexity index is 663. The van der Waals surface area contributed by atoms with Crippen molar-refractivity contribution in [1.29, 1.82) is 0 Å². The molecule has 0 amide bonds. The van der Waals surface area contributed by atoms with Gasteiger partial charge in [0.25, 0.3) is 0 Å². The number of aryl methyl sites for hydroxylation is 2. The number of nitrogens with zero attached hydrogens (tertiary/aromatic N) is 3. The molecule has 2 aromatic rings. The Balaban J connectivity index is 1.68. The van der Waals surface area contributed by atoms with Crippen molar-refractivity contribution in [2.24, 2.45) is 5.16 Å². The Kier molecular flexibility index (Phi) is 3.26. The molecule has 0 radical (unpaired) electrons. The zero-order chi connectivity index (χ0) is 14.1. The Labute approximate surface area is 116 Å². The fourth-order valence-corrected chi connectivity index (χ4v) is 2.42. The predicted molar refractivity (Wildman–Crippen MR) is 74.1 cm³/mol. The van der Waals surface area contributed by atoms with Crippen LogP contribution in [0.25, 0.3) is 0 Å². The Hall–Kier alpha value is -2.17. The normalized spacial score (nSPS) is 17.9. The minimum absolute atomic E-state index is 0.0498. The van der Waals surface area contributed by atoms with Gasteiger partial charge in [-0.3, -0.25) is 4.68 Å². The summed E-state index contributed by atoms with van der Waals surface area (Å²) in [5.41, 5.74) is 3.66. The van der Waals surface area contributed by atoms with Crippen LogP contribution in [0.15, 0.2) is 35.5 Å². The van der Waals surface area contributed by atoms with Gasteiger partial charge in [-0.05, 0) is 32.0 Å². The number of aromatic nitrogens is 2. The zero-order valence-electron chi connectivity index (χ0n) is 11.5. The molecular formula is C15H16FN3O. The molecule has 0 saturated carbocycles. The van der Waals surface area contributed by atoms with Crippen molar-refractivity contribution in [2.75, 3.05) is 0 Å². The van der Waals surface area contributed by atoms with Crippen LogP contribution in [0, 0.1) is 19.7 Å². The van der Waals surface area contributed by atoms with Crippen molar-refractivity contribution < 1.29 is 9.23 Å². The highest BCUT2D eigenvalue weighted by Crippen LogP contribution is 2.19. The molecule has 0 unspecified atom stereocenters. The van der Waals surface area contributed by atoms with Gasteiger partial charge in [-0.2, -0.15) is 5.10 Å². The van der Waals surface area contributed by atoms with Gasteiger partial charge in [0.1, 0.15) is 5.82 Å². The molecule has 20 heavy (non-hydrogen) atoms. The third-order valence-electron chi connectivity index (χ3n) is 3.37. The molecule has 0 saturated heterocycles. The summed E-state index contributed by atoms with van der Waals surface area (Å²) in [7, 11) is 0. The second-order valence-corrected chi connectivity index (χ2v) is 5.09. The van der Waals surface area contributed by atoms with E-state index in [1.807, 2.05) is 30.7 Å². The Morgan fingerprint density at radius 2 is 2.20 bits per heavy atom. The lowest BCUT2D eigenvalue weighted by Crippen LogP contribution is -2.18. The molecular weight excluding hydrogens is 257 g/mol. The van der Waals surface area contributed by atoms with Gasteiger partial charge in [-0.1, -0.05) is 17.3 Å². The summed E-state index contributed by atoms with van der Waals surface area (Å²) in [4.78, 5) is 5.43. The summed E-state index contributed by atoms with van der Waals surface area (Å²) in [5.74, 6) is -0.257. The Morgan fingerprint density at radius 3 is 2.90 bits per heavy atom. The first-order valence-corrected chi connectivity index (χ1v) is 6.61. The fraction of sp³-hybridized carbons (Fsp3) is 0.333. The van der Waals surface area contributed by atoms with Crippen molar-refractivity contribution >= 4 is 5.71 Å². The van der Waals surface area contributed by atoms with Gasteiger partial charge >= 0.3 is 0 Å². The number of halogens is 1. The van der Waals surface area contributed by atoms with Crippen LogP contribution in [0.4, 0.5) is 4.39 Å². The summed E-state index contributed by atoms with van der Waals surface area (Å²) < 4.78 is 15.1. The quantitative estimate of drug-likeness (QED) is 0.862. The lowest BCUT2D eigenvalue weighted by atomic mass is 10.1. The topological polar surface area (TPSA) is 39.4 Å². The van der Waals surface area contributed by atoms with E-state index in [4.69, 9.17) is 4.84 Å². The van der Waals surface area contributed by atoms with Gasteiger partial charge in [0.2, 0.25) is 0 Å². The lowest BCUT2D eigenvalue weighted by Gasteiger charge is -2.09. The highest BCUT2D eigenvalue weighted by atomic mass is 19.1. The second kappa shape index (κ2) is 5.07. The highest BCUT2D eigenvalue weighted by Gasteiger charge is 2.23. The Morgan fingerprint density at radius 1 is 1.35 bits per heavy atom. The monoisotopic (exact) mass is 273 g/mol. The van der Waals surface area contributed by atoms with Gasteiger partial charge < -0.3 is 4.84 Å². The molecule has 0 spiro atoms. The van der Waals surface area contributed by atoms with Crippen molar-refractivity contribution in [3.05, 3.63) is 53.1 Å². The summed E-state index contributed by atoms with van der Waals surface area (Å²) >= 11 is 0. The van der Waals surface area contributed by atoms with Crippen molar-refractivity contribution in [2.45, 2.75) is 32.9 Å². The SMILES string of the molecule is Cc1cc(C)n(C[C@H]2CC(c3cccc(F)c3)=NO2)n1. The van der Waals surface area contributed by atoms with E-state index >= 15 is 0 Å². The first-order chi connectivity index (χ1) is 9.61. The van der Waals surface area contributed by atoms with E-state index in [2.05, 4.69) is 10.3 Å². The van der Waals surface area contributed by atoms with Crippen LogP contribution in [-0.2, 0) is 11.4 Å². The van der Waals surface area contributed by atoms with E-state index in [0.717, 1.165) is 22.7 Å². The van der Waals surface area contributed by atoms with E-state index in [0.29, 0.717) is 13.0 Å². The van der Waals surface area contributed by atoms with Gasteiger partial charge in [0, 0.05) is 17.7 Å². The third-order valence-corrected chi connectivity index (χ3v) is 3.37. The number of benzene rings is 1. The van der Waals surface area contributed by atoms with Crippen LogP contribution in [0.3, 0.4) is 0 Å². The number of oxime groups is 1. The molecule has 0 fully saturated rings. The highest BCUT2D eigenvalue weighted by molar-refractivity contribution is 6.01. The molecule has 0 bridgehead atoms. The molecule has 1 aromatic heterocycles. The van der Waals surface area contributed by atoms with Crippen LogP contribution < -0.4 is 0 Å². The van der Waals surface area contributed by atoms with Gasteiger partial charge in [0.05, 0.1) is 18.0 Å². The van der Waals surface area contributed by atoms with Crippen molar-refractivity contribution in [3.8, 4) is 0 Å². The van der Waals surface area contributed by atoms with E-state index in [9.17, 15) is 4.39 Å². The molecule has 3 rings (SSSR count). The first-order valence-electron chi connectivity index (χ1n) is 6.61. The molecule has 1 atom stereocenters. The summed E-state index contributed by atoms with van der Waals surface area (Å²) in [5, 5.41) is 8.48. The van der Waals surface area contributed by atoms with Gasteiger partial charge in [0.15, 0.2) is 6.10 Å². The van der Waals surface area contributed by atoms with E-state index in [1.54, 1.807) is 6.07 Å². The van der Waals surface area contributed by atoms with Crippen LogP contribution in [0.5, 0.6) is 0 Å². The smallest absolute Gasteiger partial charge is 0.152 e. The van der Waals surface area contributed by atoms with Crippen LogP contribution in [0.2, 0.25) is 0 Å². The first kappa shape index (κ1) is 12.8. The molecule has 2 heterocycles. The summed E-state index contributed by atoms with van der Waals surface area (Å²) in [6.45, 7) is 4.64. The molecule has 1 aliphatic heterocycles. The standard InChI is InChI=1S/C15H16FN3O/c1-10-6-11(2)19(17-10)9-14-8-15(18-20-14)12-4-3-5-13(16)7-12/h3-7,14H,8-9H2,1-2H3/t14-/m1/s1. The van der Waals surface area contributed by atoms with Crippen LogP contribution in [0.1, 0.15) is 23.4 Å². The maximum absolute atomic E-state index is 13.2. The van der Waals surface area contributed by atoms with E-state index in [-0.39, 0.29) is 11.9 Å². The third kappa shape index (κ3) is 2.57. The maximum Gasteiger partial charge on any atom is 0.152 e. The van der Waals surface area contributed by atoms with Crippen molar-refractivity contribution in [1.82, 2.24) is 9.78 Å². The fourth-order valence-electron chi connectivity index (χ4n) is 2.42. The van der Waals surface area contributed by atoms with E-state index < -0.39 is 0 Å². The summed E-state index contributed by atoms with van der Waals surface area (Å²) in [6, 6.07) is 8.46. The molecule has 1 aromatic carbocycles. The van der Waals surface area contributed by atoms with Gasteiger partial charge in [-0.25, -0.2) is 4.39 Å². The molecule has 0 aliphatic carbocycles. The van der Waals surface area contributed by atoms with E-state index in [1.165, 1.54) is 12.1 Å². The second-order valence-electron chi connectivity index (χ2n) is 5.09. The van der Waals surface area contributed by atoms with Gasteiger partial charge in [-0.15, -0.1) is 0 Å². The minimum Gasteiger partial charge on any atom is -0.390 e. The van der Waals surface area contributed by atoms with Crippen LogP contribution in [-0.4, -0.2) is 21.6 Å². The average Bonchev–Trinajstić information content (AvgIpc) is 2.97. The van der Waals surface area contributed by atoms with Crippen LogP contribution >= 0.6 is 0 Å². The predicted octanol–water partition coefficient (Wildman–Crippen LogP) is 2.83. The largest absolute Gasteiger partial charge is 0.390 e.